The Kier molecular flexibility index (Phi) is 5.57. The highest BCUT2D eigenvalue weighted by atomic mass is 16.3. The summed E-state index contributed by atoms with van der Waals surface area (Å²) in [5, 5.41) is 13.8. The van der Waals surface area contributed by atoms with Crippen molar-refractivity contribution < 1.29 is 19.5 Å². The van der Waals surface area contributed by atoms with Crippen LogP contribution < -0.4 is 10.2 Å². The van der Waals surface area contributed by atoms with Gasteiger partial charge in [-0.25, -0.2) is 0 Å². The maximum absolute atomic E-state index is 13.8. The van der Waals surface area contributed by atoms with Crippen LogP contribution in [0.25, 0.3) is 0 Å². The molecule has 0 spiro atoms. The van der Waals surface area contributed by atoms with E-state index in [4.69, 9.17) is 0 Å². The van der Waals surface area contributed by atoms with Gasteiger partial charge in [0.1, 0.15) is 6.54 Å². The Morgan fingerprint density at radius 3 is 2.56 bits per heavy atom. The number of aryl methyl sites for hydroxylation is 1. The summed E-state index contributed by atoms with van der Waals surface area (Å²) in [7, 11) is 0. The van der Waals surface area contributed by atoms with Crippen LogP contribution in [0.15, 0.2) is 66.7 Å². The number of carbonyl (C=O) groups excluding carboxylic acids is 3. The Bertz CT molecular complexity index is 1380. The molecule has 3 aromatic carbocycles. The van der Waals surface area contributed by atoms with Crippen molar-refractivity contribution in [2.24, 2.45) is 5.92 Å². The van der Waals surface area contributed by atoms with Gasteiger partial charge in [-0.2, -0.15) is 0 Å². The number of para-hydroxylation sites is 2. The Morgan fingerprint density at radius 1 is 0.889 bits per heavy atom. The number of amides is 3. The van der Waals surface area contributed by atoms with E-state index in [1.165, 1.54) is 4.90 Å². The first-order valence-corrected chi connectivity index (χ1v) is 12.4. The summed E-state index contributed by atoms with van der Waals surface area (Å²) in [6.45, 7) is 0.793. The smallest absolute Gasteiger partial charge is 0.259 e. The highest BCUT2D eigenvalue weighted by molar-refractivity contribution is 6.15. The third-order valence-corrected chi connectivity index (χ3v) is 7.63. The number of benzene rings is 3. The van der Waals surface area contributed by atoms with Gasteiger partial charge in [0.05, 0.1) is 23.4 Å². The van der Waals surface area contributed by atoms with E-state index in [0.717, 1.165) is 28.7 Å². The first kappa shape index (κ1) is 22.5. The predicted octanol–water partition coefficient (Wildman–Crippen LogP) is 3.47. The summed E-state index contributed by atoms with van der Waals surface area (Å²) in [6.07, 6.45) is 1.16. The minimum absolute atomic E-state index is 0.0597. The molecule has 0 fully saturated rings. The molecule has 182 valence electrons. The van der Waals surface area contributed by atoms with Crippen LogP contribution in [-0.2, 0) is 29.0 Å². The standard InChI is InChI=1S/C29H27N3O4/c33-26-17-32(25-11-4-3-10-24(25)30-26)29(36)21-9-5-7-19-14-15-31(16-23(19)21)28(35)22-13-12-18-6-1-2-8-20(18)27(22)34/h1-11,22,27,34H,12-17H2,(H,30,33). The second-order valence-electron chi connectivity index (χ2n) is 9.70. The van der Waals surface area contributed by atoms with Crippen LogP contribution in [0.2, 0.25) is 0 Å². The summed E-state index contributed by atoms with van der Waals surface area (Å²) in [6, 6.07) is 20.6. The van der Waals surface area contributed by atoms with E-state index in [0.29, 0.717) is 42.9 Å². The third kappa shape index (κ3) is 3.76. The molecule has 0 saturated heterocycles. The largest absolute Gasteiger partial charge is 0.388 e. The van der Waals surface area contributed by atoms with Crippen molar-refractivity contribution in [2.45, 2.75) is 31.9 Å². The molecular formula is C29H27N3O4. The van der Waals surface area contributed by atoms with Crippen LogP contribution in [0.3, 0.4) is 0 Å². The fourth-order valence-electron chi connectivity index (χ4n) is 5.76. The number of carbonyl (C=O) groups is 3. The predicted molar refractivity (Wildman–Crippen MR) is 136 cm³/mol. The van der Waals surface area contributed by atoms with Gasteiger partial charge < -0.3 is 15.3 Å². The molecule has 2 aliphatic heterocycles. The topological polar surface area (TPSA) is 90.0 Å². The average Bonchev–Trinajstić information content (AvgIpc) is 2.91. The normalized spacial score (nSPS) is 20.6. The van der Waals surface area contributed by atoms with Crippen molar-refractivity contribution in [2.75, 3.05) is 23.3 Å². The Hall–Kier alpha value is -3.97. The molecule has 6 rings (SSSR count). The summed E-state index contributed by atoms with van der Waals surface area (Å²) in [4.78, 5) is 42.9. The lowest BCUT2D eigenvalue weighted by atomic mass is 9.80. The molecule has 2 unspecified atom stereocenters. The second-order valence-corrected chi connectivity index (χ2v) is 9.70. The molecule has 3 aliphatic rings. The Balaban J connectivity index is 1.28. The SMILES string of the molecule is O=C1CN(C(=O)c2cccc3c2CN(C(=O)C2CCc4ccccc4C2O)CC3)c2ccccc2N1. The van der Waals surface area contributed by atoms with Crippen molar-refractivity contribution >= 4 is 29.1 Å². The van der Waals surface area contributed by atoms with Crippen LogP contribution in [-0.4, -0.2) is 40.8 Å². The molecule has 0 bridgehead atoms. The molecule has 1 aliphatic carbocycles. The van der Waals surface area contributed by atoms with Crippen LogP contribution in [0.4, 0.5) is 11.4 Å². The Labute approximate surface area is 209 Å². The molecular weight excluding hydrogens is 454 g/mol. The number of rotatable bonds is 2. The van der Waals surface area contributed by atoms with Crippen molar-refractivity contribution in [3.05, 3.63) is 94.5 Å². The summed E-state index contributed by atoms with van der Waals surface area (Å²) < 4.78 is 0. The van der Waals surface area contributed by atoms with Gasteiger partial charge in [-0.3, -0.25) is 19.3 Å². The van der Waals surface area contributed by atoms with E-state index < -0.39 is 12.0 Å². The maximum Gasteiger partial charge on any atom is 0.259 e. The molecule has 7 nitrogen and oxygen atoms in total. The minimum Gasteiger partial charge on any atom is -0.388 e. The number of hydrogen-bond donors (Lipinski definition) is 2. The van der Waals surface area contributed by atoms with E-state index in [9.17, 15) is 19.5 Å². The van der Waals surface area contributed by atoms with Crippen LogP contribution in [0.1, 0.15) is 45.1 Å². The van der Waals surface area contributed by atoms with Crippen molar-refractivity contribution in [3.63, 3.8) is 0 Å². The van der Waals surface area contributed by atoms with Gasteiger partial charge in [0.2, 0.25) is 11.8 Å². The first-order chi connectivity index (χ1) is 17.5. The van der Waals surface area contributed by atoms with Gasteiger partial charge in [-0.1, -0.05) is 48.5 Å². The molecule has 0 radical (unpaired) electrons. The van der Waals surface area contributed by atoms with Gasteiger partial charge in [-0.05, 0) is 59.7 Å². The highest BCUT2D eigenvalue weighted by Gasteiger charge is 2.37. The fraction of sp³-hybridized carbons (Fsp3) is 0.276. The number of hydrogen-bond acceptors (Lipinski definition) is 4. The highest BCUT2D eigenvalue weighted by Crippen LogP contribution is 2.37. The van der Waals surface area contributed by atoms with Crippen molar-refractivity contribution in [1.82, 2.24) is 4.90 Å². The molecule has 3 amide bonds. The minimum atomic E-state index is -0.830. The summed E-state index contributed by atoms with van der Waals surface area (Å²) >= 11 is 0. The molecule has 0 saturated carbocycles. The molecule has 7 heteroatoms. The van der Waals surface area contributed by atoms with E-state index in [1.54, 1.807) is 17.0 Å². The number of aliphatic hydroxyl groups is 1. The average molecular weight is 482 g/mol. The van der Waals surface area contributed by atoms with Gasteiger partial charge in [-0.15, -0.1) is 0 Å². The van der Waals surface area contributed by atoms with E-state index in [2.05, 4.69) is 5.32 Å². The second kappa shape index (κ2) is 8.91. The number of aliphatic hydroxyl groups excluding tert-OH is 1. The fourth-order valence-corrected chi connectivity index (χ4v) is 5.76. The van der Waals surface area contributed by atoms with Gasteiger partial charge in [0.15, 0.2) is 0 Å². The van der Waals surface area contributed by atoms with E-state index in [-0.39, 0.29) is 24.3 Å². The number of nitrogens with one attached hydrogen (secondary N) is 1. The number of nitrogens with zero attached hydrogens (tertiary/aromatic N) is 2. The lowest BCUT2D eigenvalue weighted by Gasteiger charge is -2.37. The Morgan fingerprint density at radius 2 is 1.67 bits per heavy atom. The third-order valence-electron chi connectivity index (χ3n) is 7.63. The van der Waals surface area contributed by atoms with E-state index >= 15 is 0 Å². The first-order valence-electron chi connectivity index (χ1n) is 12.4. The molecule has 2 N–H and O–H groups in total. The number of fused-ring (bicyclic) bond motifs is 3. The zero-order valence-electron chi connectivity index (χ0n) is 19.8. The van der Waals surface area contributed by atoms with Crippen LogP contribution in [0, 0.1) is 5.92 Å². The monoisotopic (exact) mass is 481 g/mol. The summed E-state index contributed by atoms with van der Waals surface area (Å²) in [5.74, 6) is -1.07. The molecule has 3 aromatic rings. The zero-order valence-corrected chi connectivity index (χ0v) is 19.8. The lowest BCUT2D eigenvalue weighted by Crippen LogP contribution is -2.45. The van der Waals surface area contributed by atoms with Gasteiger partial charge >= 0.3 is 0 Å². The number of anilines is 2. The molecule has 2 heterocycles. The molecule has 2 atom stereocenters. The lowest BCUT2D eigenvalue weighted by molar-refractivity contribution is -0.141. The van der Waals surface area contributed by atoms with Crippen LogP contribution >= 0.6 is 0 Å². The van der Waals surface area contributed by atoms with Crippen molar-refractivity contribution in [3.8, 4) is 0 Å². The van der Waals surface area contributed by atoms with Gasteiger partial charge in [0, 0.05) is 18.7 Å². The quantitative estimate of drug-likeness (QED) is 0.587. The van der Waals surface area contributed by atoms with E-state index in [1.807, 2.05) is 54.6 Å². The van der Waals surface area contributed by atoms with Crippen molar-refractivity contribution in [1.29, 1.82) is 0 Å². The molecule has 36 heavy (non-hydrogen) atoms. The summed E-state index contributed by atoms with van der Waals surface area (Å²) in [5.41, 5.74) is 5.55. The van der Waals surface area contributed by atoms with Gasteiger partial charge in [0.25, 0.3) is 5.91 Å². The van der Waals surface area contributed by atoms with Crippen LogP contribution in [0.5, 0.6) is 0 Å². The maximum atomic E-state index is 13.8. The zero-order chi connectivity index (χ0) is 24.8. The molecule has 0 aromatic heterocycles.